The van der Waals surface area contributed by atoms with E-state index in [2.05, 4.69) is 15.6 Å². The summed E-state index contributed by atoms with van der Waals surface area (Å²) in [6.45, 7) is 8.23. The van der Waals surface area contributed by atoms with Crippen molar-refractivity contribution in [1.82, 2.24) is 15.6 Å². The van der Waals surface area contributed by atoms with Gasteiger partial charge in [-0.2, -0.15) is 0 Å². The van der Waals surface area contributed by atoms with E-state index in [4.69, 9.17) is 4.74 Å². The first-order valence-corrected chi connectivity index (χ1v) is 8.25. The minimum absolute atomic E-state index is 0.00711. The van der Waals surface area contributed by atoms with Gasteiger partial charge in [0.05, 0.1) is 28.8 Å². The molecule has 1 saturated heterocycles. The predicted molar refractivity (Wildman–Crippen MR) is 84.6 cm³/mol. The third-order valence-corrected chi connectivity index (χ3v) is 5.40. The SMILES string of the molecule is COCC1(C(=O)NC(C)c2sc(C)nc2C)CCNCC1. The Kier molecular flexibility index (Phi) is 5.35. The fourth-order valence-corrected chi connectivity index (χ4v) is 3.91. The molecule has 0 aliphatic carbocycles. The van der Waals surface area contributed by atoms with E-state index in [1.54, 1.807) is 18.4 Å². The first-order chi connectivity index (χ1) is 9.98. The Balaban J connectivity index is 2.09. The zero-order valence-electron chi connectivity index (χ0n) is 13.3. The van der Waals surface area contributed by atoms with Gasteiger partial charge >= 0.3 is 0 Å². The summed E-state index contributed by atoms with van der Waals surface area (Å²) in [6, 6.07) is -0.00711. The third-order valence-electron chi connectivity index (χ3n) is 4.14. The molecular weight excluding hydrogens is 286 g/mol. The summed E-state index contributed by atoms with van der Waals surface area (Å²) in [5.41, 5.74) is 0.610. The van der Waals surface area contributed by atoms with Crippen molar-refractivity contribution in [3.63, 3.8) is 0 Å². The zero-order valence-corrected chi connectivity index (χ0v) is 14.1. The fraction of sp³-hybridized carbons (Fsp3) is 0.733. The van der Waals surface area contributed by atoms with E-state index in [9.17, 15) is 4.79 Å². The molecule has 1 aliphatic heterocycles. The Morgan fingerprint density at radius 3 is 2.67 bits per heavy atom. The molecule has 0 radical (unpaired) electrons. The minimum atomic E-state index is -0.401. The van der Waals surface area contributed by atoms with Crippen LogP contribution in [0.4, 0.5) is 0 Å². The standard InChI is InChI=1S/C15H25N3O2S/c1-10-13(21-12(3)17-10)11(2)18-14(19)15(9-20-4)5-7-16-8-6-15/h11,16H,5-9H2,1-4H3,(H,18,19). The second kappa shape index (κ2) is 6.85. The van der Waals surface area contributed by atoms with Crippen molar-refractivity contribution in [1.29, 1.82) is 0 Å². The summed E-state index contributed by atoms with van der Waals surface area (Å²) in [5, 5.41) is 7.52. The van der Waals surface area contributed by atoms with Crippen LogP contribution >= 0.6 is 11.3 Å². The molecule has 21 heavy (non-hydrogen) atoms. The highest BCUT2D eigenvalue weighted by molar-refractivity contribution is 7.11. The van der Waals surface area contributed by atoms with Crippen LogP contribution in [-0.2, 0) is 9.53 Å². The summed E-state index contributed by atoms with van der Waals surface area (Å²) in [4.78, 5) is 18.4. The molecule has 1 aliphatic rings. The van der Waals surface area contributed by atoms with Crippen molar-refractivity contribution in [2.45, 2.75) is 39.7 Å². The minimum Gasteiger partial charge on any atom is -0.384 e. The summed E-state index contributed by atoms with van der Waals surface area (Å²) in [6.07, 6.45) is 1.64. The van der Waals surface area contributed by atoms with E-state index in [0.29, 0.717) is 6.61 Å². The molecule has 118 valence electrons. The first-order valence-electron chi connectivity index (χ1n) is 7.43. The quantitative estimate of drug-likeness (QED) is 0.872. The summed E-state index contributed by atoms with van der Waals surface area (Å²) in [7, 11) is 1.66. The lowest BCUT2D eigenvalue weighted by atomic mass is 9.78. The number of piperidine rings is 1. The number of aromatic nitrogens is 1. The van der Waals surface area contributed by atoms with Crippen LogP contribution in [0.1, 0.15) is 41.4 Å². The Hall–Kier alpha value is -0.980. The molecule has 1 fully saturated rings. The second-order valence-electron chi connectivity index (χ2n) is 5.84. The largest absolute Gasteiger partial charge is 0.384 e. The zero-order chi connectivity index (χ0) is 15.5. The maximum atomic E-state index is 12.8. The number of hydrogen-bond acceptors (Lipinski definition) is 5. The van der Waals surface area contributed by atoms with Gasteiger partial charge in [0, 0.05) is 12.0 Å². The molecule has 1 atom stereocenters. The number of methoxy groups -OCH3 is 1. The number of thiazole rings is 1. The molecule has 2 N–H and O–H groups in total. The molecular formula is C15H25N3O2S. The van der Waals surface area contributed by atoms with Crippen LogP contribution < -0.4 is 10.6 Å². The number of carbonyl (C=O) groups is 1. The molecule has 1 aromatic heterocycles. The Morgan fingerprint density at radius 1 is 1.48 bits per heavy atom. The van der Waals surface area contributed by atoms with Crippen LogP contribution in [0, 0.1) is 19.3 Å². The molecule has 2 heterocycles. The van der Waals surface area contributed by atoms with Gasteiger partial charge in [-0.3, -0.25) is 4.79 Å². The van der Waals surface area contributed by atoms with Crippen molar-refractivity contribution < 1.29 is 9.53 Å². The lowest BCUT2D eigenvalue weighted by Crippen LogP contribution is -2.50. The van der Waals surface area contributed by atoms with Gasteiger partial charge in [0.2, 0.25) is 5.91 Å². The molecule has 1 amide bonds. The van der Waals surface area contributed by atoms with Gasteiger partial charge in [0.15, 0.2) is 0 Å². The average molecular weight is 311 g/mol. The fourth-order valence-electron chi connectivity index (χ4n) is 2.98. The van der Waals surface area contributed by atoms with E-state index in [1.165, 1.54) is 0 Å². The lowest BCUT2D eigenvalue weighted by molar-refractivity contribution is -0.136. The maximum absolute atomic E-state index is 12.8. The predicted octanol–water partition coefficient (Wildman–Crippen LogP) is 1.95. The highest BCUT2D eigenvalue weighted by atomic mass is 32.1. The second-order valence-corrected chi connectivity index (χ2v) is 7.08. The van der Waals surface area contributed by atoms with Crippen LogP contribution in [0.3, 0.4) is 0 Å². The van der Waals surface area contributed by atoms with Crippen molar-refractivity contribution in [3.05, 3.63) is 15.6 Å². The van der Waals surface area contributed by atoms with Gasteiger partial charge in [0.1, 0.15) is 0 Å². The Morgan fingerprint density at radius 2 is 2.14 bits per heavy atom. The van der Waals surface area contributed by atoms with Crippen LogP contribution in [-0.4, -0.2) is 37.7 Å². The monoisotopic (exact) mass is 311 g/mol. The number of rotatable bonds is 5. The normalized spacial score (nSPS) is 19.2. The molecule has 1 aromatic rings. The average Bonchev–Trinajstić information content (AvgIpc) is 2.79. The number of nitrogens with zero attached hydrogens (tertiary/aromatic N) is 1. The van der Waals surface area contributed by atoms with E-state index in [1.807, 2.05) is 20.8 Å². The van der Waals surface area contributed by atoms with E-state index in [0.717, 1.165) is 41.5 Å². The van der Waals surface area contributed by atoms with Crippen molar-refractivity contribution >= 4 is 17.2 Å². The van der Waals surface area contributed by atoms with Gasteiger partial charge in [-0.1, -0.05) is 0 Å². The summed E-state index contributed by atoms with van der Waals surface area (Å²) >= 11 is 1.65. The molecule has 6 heteroatoms. The molecule has 0 aromatic carbocycles. The lowest BCUT2D eigenvalue weighted by Gasteiger charge is -2.36. The molecule has 0 spiro atoms. The Labute approximate surface area is 130 Å². The molecule has 0 bridgehead atoms. The van der Waals surface area contributed by atoms with Gasteiger partial charge in [-0.15, -0.1) is 11.3 Å². The number of carbonyl (C=O) groups excluding carboxylic acids is 1. The maximum Gasteiger partial charge on any atom is 0.229 e. The van der Waals surface area contributed by atoms with Gasteiger partial charge in [-0.25, -0.2) is 4.98 Å². The van der Waals surface area contributed by atoms with Gasteiger partial charge < -0.3 is 15.4 Å². The third kappa shape index (κ3) is 3.62. The van der Waals surface area contributed by atoms with Crippen molar-refractivity contribution in [3.8, 4) is 0 Å². The van der Waals surface area contributed by atoms with Crippen molar-refractivity contribution in [2.24, 2.45) is 5.41 Å². The highest BCUT2D eigenvalue weighted by Gasteiger charge is 2.40. The van der Waals surface area contributed by atoms with Crippen LogP contribution in [0.15, 0.2) is 0 Å². The number of amides is 1. The van der Waals surface area contributed by atoms with Crippen LogP contribution in [0.5, 0.6) is 0 Å². The number of nitrogens with one attached hydrogen (secondary N) is 2. The van der Waals surface area contributed by atoms with Crippen molar-refractivity contribution in [2.75, 3.05) is 26.8 Å². The molecule has 1 unspecified atom stereocenters. The topological polar surface area (TPSA) is 63.2 Å². The van der Waals surface area contributed by atoms with E-state index in [-0.39, 0.29) is 11.9 Å². The van der Waals surface area contributed by atoms with E-state index >= 15 is 0 Å². The molecule has 0 saturated carbocycles. The number of hydrogen-bond donors (Lipinski definition) is 2. The Bertz CT molecular complexity index is 490. The number of aryl methyl sites for hydroxylation is 2. The van der Waals surface area contributed by atoms with Crippen LogP contribution in [0.25, 0.3) is 0 Å². The highest BCUT2D eigenvalue weighted by Crippen LogP contribution is 2.31. The van der Waals surface area contributed by atoms with E-state index < -0.39 is 5.41 Å². The molecule has 5 nitrogen and oxygen atoms in total. The summed E-state index contributed by atoms with van der Waals surface area (Å²) in [5.74, 6) is 0.101. The molecule has 2 rings (SSSR count). The van der Waals surface area contributed by atoms with Crippen LogP contribution in [0.2, 0.25) is 0 Å². The smallest absolute Gasteiger partial charge is 0.229 e. The number of ether oxygens (including phenoxy) is 1. The van der Waals surface area contributed by atoms with Gasteiger partial charge in [-0.05, 0) is 46.7 Å². The first kappa shape index (κ1) is 16.4. The summed E-state index contributed by atoms with van der Waals surface area (Å²) < 4.78 is 5.32. The van der Waals surface area contributed by atoms with Gasteiger partial charge in [0.25, 0.3) is 0 Å².